The maximum atomic E-state index is 11.6. The summed E-state index contributed by atoms with van der Waals surface area (Å²) < 4.78 is 16.6. The summed E-state index contributed by atoms with van der Waals surface area (Å²) in [5.74, 6) is -1.39. The number of amides is 1. The molecule has 0 radical (unpaired) electrons. The van der Waals surface area contributed by atoms with Gasteiger partial charge in [0.05, 0.1) is 6.07 Å². The van der Waals surface area contributed by atoms with Crippen molar-refractivity contribution in [1.29, 1.82) is 5.26 Å². The number of hydrogen-bond acceptors (Lipinski definition) is 5. The van der Waals surface area contributed by atoms with Crippen molar-refractivity contribution in [3.63, 3.8) is 0 Å². The van der Waals surface area contributed by atoms with Crippen molar-refractivity contribution in [3.8, 4) is 6.07 Å². The summed E-state index contributed by atoms with van der Waals surface area (Å²) in [5, 5.41) is 11.5. The average molecular weight is 357 g/mol. The number of nitrogens with zero attached hydrogens (tertiary/aromatic N) is 1. The van der Waals surface area contributed by atoms with E-state index < -0.39 is 5.97 Å². The molecule has 0 aliphatic carbocycles. The fourth-order valence-electron chi connectivity index (χ4n) is 3.24. The second-order valence-corrected chi connectivity index (χ2v) is 6.51. The van der Waals surface area contributed by atoms with Crippen LogP contribution in [0.15, 0.2) is 0 Å². The molecule has 0 aromatic carbocycles. The van der Waals surface area contributed by atoms with Gasteiger partial charge in [0.1, 0.15) is 6.42 Å². The minimum absolute atomic E-state index is 0.0175. The molecule has 0 bridgehead atoms. The zero-order valence-corrected chi connectivity index (χ0v) is 16.6. The molecule has 2 atom stereocenters. The molecule has 25 heavy (non-hydrogen) atoms. The lowest BCUT2D eigenvalue weighted by atomic mass is 9.91. The average Bonchev–Trinajstić information content (AvgIpc) is 2.59. The smallest absolute Gasteiger partial charge is 0.285 e. The minimum Gasteiger partial charge on any atom is -0.353 e. The summed E-state index contributed by atoms with van der Waals surface area (Å²) in [6, 6.07) is 1.77. The first-order valence-corrected chi connectivity index (χ1v) is 9.31. The second kappa shape index (κ2) is 14.1. The van der Waals surface area contributed by atoms with Gasteiger partial charge in [0.2, 0.25) is 5.91 Å². The first-order chi connectivity index (χ1) is 12.0. The number of carbonyl (C=O) groups is 1. The topological polar surface area (TPSA) is 80.6 Å². The van der Waals surface area contributed by atoms with Crippen LogP contribution in [0.2, 0.25) is 0 Å². The monoisotopic (exact) mass is 356 g/mol. The van der Waals surface area contributed by atoms with E-state index in [0.29, 0.717) is 6.42 Å². The fourth-order valence-corrected chi connectivity index (χ4v) is 3.24. The Labute approximate surface area is 153 Å². The maximum Gasteiger partial charge on any atom is 0.285 e. The van der Waals surface area contributed by atoms with Crippen molar-refractivity contribution >= 4 is 5.91 Å². The molecule has 0 saturated carbocycles. The van der Waals surface area contributed by atoms with Crippen LogP contribution in [0.5, 0.6) is 0 Å². The van der Waals surface area contributed by atoms with Crippen molar-refractivity contribution in [3.05, 3.63) is 0 Å². The summed E-state index contributed by atoms with van der Waals surface area (Å²) in [4.78, 5) is 11.6. The minimum atomic E-state index is -1.11. The largest absolute Gasteiger partial charge is 0.353 e. The number of unbranched alkanes of at least 4 members (excludes halogenated alkanes) is 5. The molecule has 0 spiro atoms. The Kier molecular flexibility index (Phi) is 13.4. The van der Waals surface area contributed by atoms with E-state index >= 15 is 0 Å². The third-order valence-electron chi connectivity index (χ3n) is 4.54. The SMILES string of the molecule is CCCCCCCCC(CC(C)NC(=O)CC#N)C(OC)(OC)OC. The standard InChI is InChI=1S/C19H36N2O4/c1-6-7-8-9-10-11-12-17(19(23-3,24-4)25-5)15-16(2)21-18(22)13-14-20/h16-17H,6-13,15H2,1-5H3,(H,21,22). The predicted octanol–water partition coefficient (Wildman–Crippen LogP) is 3.75. The van der Waals surface area contributed by atoms with Gasteiger partial charge in [-0.15, -0.1) is 0 Å². The van der Waals surface area contributed by atoms with Crippen LogP contribution in [-0.2, 0) is 19.0 Å². The lowest BCUT2D eigenvalue weighted by molar-refractivity contribution is -0.380. The number of carbonyl (C=O) groups excluding carboxylic acids is 1. The Hall–Kier alpha value is -1.16. The van der Waals surface area contributed by atoms with Crippen LogP contribution in [0, 0.1) is 17.2 Å². The van der Waals surface area contributed by atoms with Crippen molar-refractivity contribution in [1.82, 2.24) is 5.32 Å². The van der Waals surface area contributed by atoms with E-state index in [9.17, 15) is 4.79 Å². The highest BCUT2D eigenvalue weighted by Crippen LogP contribution is 2.32. The van der Waals surface area contributed by atoms with Gasteiger partial charge in [-0.2, -0.15) is 5.26 Å². The van der Waals surface area contributed by atoms with Gasteiger partial charge in [-0.1, -0.05) is 45.4 Å². The normalized spacial score (nSPS) is 13.9. The van der Waals surface area contributed by atoms with Gasteiger partial charge in [-0.25, -0.2) is 0 Å². The molecule has 0 aliphatic heterocycles. The molecule has 146 valence electrons. The van der Waals surface area contributed by atoms with Crippen molar-refractivity contribution < 1.29 is 19.0 Å². The molecular weight excluding hydrogens is 320 g/mol. The van der Waals surface area contributed by atoms with Gasteiger partial charge >= 0.3 is 0 Å². The summed E-state index contributed by atoms with van der Waals surface area (Å²) in [7, 11) is 4.71. The van der Waals surface area contributed by atoms with Gasteiger partial charge < -0.3 is 19.5 Å². The van der Waals surface area contributed by atoms with Gasteiger partial charge in [0.15, 0.2) is 0 Å². The van der Waals surface area contributed by atoms with Gasteiger partial charge in [-0.05, 0) is 19.8 Å². The predicted molar refractivity (Wildman–Crippen MR) is 97.7 cm³/mol. The fraction of sp³-hybridized carbons (Fsp3) is 0.895. The number of rotatable bonds is 15. The molecule has 0 aromatic heterocycles. The van der Waals surface area contributed by atoms with Crippen molar-refractivity contribution in [2.45, 2.75) is 83.6 Å². The highest BCUT2D eigenvalue weighted by atomic mass is 16.9. The van der Waals surface area contributed by atoms with E-state index in [2.05, 4.69) is 12.2 Å². The molecule has 1 amide bonds. The third-order valence-corrected chi connectivity index (χ3v) is 4.54. The van der Waals surface area contributed by atoms with E-state index in [-0.39, 0.29) is 24.3 Å². The molecule has 0 heterocycles. The van der Waals surface area contributed by atoms with Crippen LogP contribution in [0.1, 0.15) is 71.6 Å². The van der Waals surface area contributed by atoms with E-state index in [4.69, 9.17) is 19.5 Å². The quantitative estimate of drug-likeness (QED) is 0.357. The number of nitrogens with one attached hydrogen (secondary N) is 1. The second-order valence-electron chi connectivity index (χ2n) is 6.51. The number of ether oxygens (including phenoxy) is 3. The van der Waals surface area contributed by atoms with E-state index in [0.717, 1.165) is 12.8 Å². The molecule has 0 aliphatic rings. The van der Waals surface area contributed by atoms with Crippen LogP contribution in [-0.4, -0.2) is 39.3 Å². The summed E-state index contributed by atoms with van der Waals surface area (Å²) in [6.07, 6.45) is 8.66. The maximum absolute atomic E-state index is 11.6. The molecule has 0 fully saturated rings. The number of methoxy groups -OCH3 is 3. The zero-order valence-electron chi connectivity index (χ0n) is 16.6. The van der Waals surface area contributed by atoms with E-state index in [1.165, 1.54) is 32.1 Å². The Morgan fingerprint density at radius 1 is 1.08 bits per heavy atom. The molecule has 6 heteroatoms. The van der Waals surface area contributed by atoms with Crippen LogP contribution in [0.3, 0.4) is 0 Å². The number of nitriles is 1. The van der Waals surface area contributed by atoms with Crippen LogP contribution >= 0.6 is 0 Å². The number of hydrogen-bond donors (Lipinski definition) is 1. The van der Waals surface area contributed by atoms with Crippen molar-refractivity contribution in [2.75, 3.05) is 21.3 Å². The summed E-state index contributed by atoms with van der Waals surface area (Å²) >= 11 is 0. The van der Waals surface area contributed by atoms with Gasteiger partial charge in [0.25, 0.3) is 5.97 Å². The molecule has 2 unspecified atom stereocenters. The molecule has 6 nitrogen and oxygen atoms in total. The lowest BCUT2D eigenvalue weighted by Crippen LogP contribution is -2.47. The molecule has 0 saturated heterocycles. The Morgan fingerprint density at radius 3 is 2.16 bits per heavy atom. The Balaban J connectivity index is 4.72. The zero-order chi connectivity index (χ0) is 19.1. The van der Waals surface area contributed by atoms with Crippen LogP contribution in [0.25, 0.3) is 0 Å². The van der Waals surface area contributed by atoms with Crippen LogP contribution in [0.4, 0.5) is 0 Å². The van der Waals surface area contributed by atoms with Gasteiger partial charge in [0, 0.05) is 33.3 Å². The highest BCUT2D eigenvalue weighted by Gasteiger charge is 2.40. The van der Waals surface area contributed by atoms with E-state index in [1.54, 1.807) is 21.3 Å². The van der Waals surface area contributed by atoms with Crippen molar-refractivity contribution in [2.24, 2.45) is 5.92 Å². The molecule has 0 aromatic rings. The van der Waals surface area contributed by atoms with E-state index in [1.807, 2.05) is 13.0 Å². The Morgan fingerprint density at radius 2 is 1.64 bits per heavy atom. The van der Waals surface area contributed by atoms with Crippen LogP contribution < -0.4 is 5.32 Å². The molecule has 0 rings (SSSR count). The summed E-state index contributed by atoms with van der Waals surface area (Å²) in [6.45, 7) is 4.14. The molecule has 1 N–H and O–H groups in total. The highest BCUT2D eigenvalue weighted by molar-refractivity contribution is 5.78. The third kappa shape index (κ3) is 9.20. The Bertz CT molecular complexity index is 383. The lowest BCUT2D eigenvalue weighted by Gasteiger charge is -2.37. The first-order valence-electron chi connectivity index (χ1n) is 9.31. The van der Waals surface area contributed by atoms with Gasteiger partial charge in [-0.3, -0.25) is 4.79 Å². The first kappa shape index (κ1) is 23.8. The molecular formula is C19H36N2O4. The summed E-state index contributed by atoms with van der Waals surface area (Å²) in [5.41, 5.74) is 0.